The number of benzene rings is 2. The lowest BCUT2D eigenvalue weighted by Crippen LogP contribution is -1.92. The zero-order valence-corrected chi connectivity index (χ0v) is 16.4. The Hall–Kier alpha value is -1.85. The smallest absolute Gasteiger partial charge is 0.219 e. The van der Waals surface area contributed by atoms with Gasteiger partial charge in [0.1, 0.15) is 12.0 Å². The first-order valence-corrected chi connectivity index (χ1v) is 9.70. The van der Waals surface area contributed by atoms with Crippen LogP contribution >= 0.6 is 27.7 Å². The zero-order valence-electron chi connectivity index (χ0n) is 14.0. The Morgan fingerprint density at radius 2 is 2.00 bits per heavy atom. The average molecular weight is 416 g/mol. The van der Waals surface area contributed by atoms with Gasteiger partial charge >= 0.3 is 0 Å². The van der Waals surface area contributed by atoms with E-state index >= 15 is 0 Å². The maximum atomic E-state index is 10.6. The van der Waals surface area contributed by atoms with E-state index in [9.17, 15) is 4.79 Å². The van der Waals surface area contributed by atoms with Crippen molar-refractivity contribution in [2.24, 2.45) is 0 Å². The molecule has 2 aromatic carbocycles. The van der Waals surface area contributed by atoms with Gasteiger partial charge in [0.05, 0.1) is 9.99 Å². The van der Waals surface area contributed by atoms with Crippen molar-refractivity contribution < 1.29 is 9.53 Å². The summed E-state index contributed by atoms with van der Waals surface area (Å²) in [5.41, 5.74) is 1.83. The second kappa shape index (κ2) is 8.02. The second-order valence-corrected chi connectivity index (χ2v) is 8.41. The molecule has 0 radical (unpaired) electrons. The summed E-state index contributed by atoms with van der Waals surface area (Å²) >= 11 is 5.38. The Morgan fingerprint density at radius 1 is 1.16 bits per heavy atom. The Balaban J connectivity index is 1.82. The molecule has 5 heteroatoms. The summed E-state index contributed by atoms with van der Waals surface area (Å²) in [6, 6.07) is 15.7. The van der Waals surface area contributed by atoms with E-state index in [1.807, 2.05) is 48.2 Å². The monoisotopic (exact) mass is 415 g/mol. The summed E-state index contributed by atoms with van der Waals surface area (Å²) in [6.07, 6.45) is 1.33. The van der Waals surface area contributed by atoms with Gasteiger partial charge in [0.15, 0.2) is 0 Å². The van der Waals surface area contributed by atoms with E-state index in [0.29, 0.717) is 17.6 Å². The molecule has 0 bridgehead atoms. The van der Waals surface area contributed by atoms with Gasteiger partial charge in [-0.15, -0.1) is 11.8 Å². The van der Waals surface area contributed by atoms with Crippen LogP contribution in [-0.4, -0.2) is 16.5 Å². The molecule has 1 aromatic heterocycles. The Labute approximate surface area is 159 Å². The number of aromatic nitrogens is 1. The third-order valence-electron chi connectivity index (χ3n) is 3.54. The normalized spacial score (nSPS) is 11.0. The minimum absolute atomic E-state index is 0.419. The average Bonchev–Trinajstić information content (AvgIpc) is 2.57. The van der Waals surface area contributed by atoms with Crippen LogP contribution in [0.5, 0.6) is 11.6 Å². The molecule has 0 saturated heterocycles. The van der Waals surface area contributed by atoms with E-state index in [0.717, 1.165) is 33.0 Å². The van der Waals surface area contributed by atoms with Crippen LogP contribution in [0.4, 0.5) is 0 Å². The number of carbonyl (C=O) groups excluding carboxylic acids is 1. The van der Waals surface area contributed by atoms with Crippen molar-refractivity contribution in [1.29, 1.82) is 0 Å². The van der Waals surface area contributed by atoms with E-state index in [4.69, 9.17) is 4.74 Å². The summed E-state index contributed by atoms with van der Waals surface area (Å²) in [4.78, 5) is 16.4. The largest absolute Gasteiger partial charge is 0.438 e. The number of carbonyl (C=O) groups is 1. The number of nitrogens with zero attached hydrogens (tertiary/aromatic N) is 1. The number of pyridine rings is 1. The molecule has 0 amide bonds. The maximum absolute atomic E-state index is 10.6. The quantitative estimate of drug-likeness (QED) is 0.363. The fourth-order valence-electron chi connectivity index (χ4n) is 2.46. The maximum Gasteiger partial charge on any atom is 0.219 e. The lowest BCUT2D eigenvalue weighted by molar-refractivity contribution is -0.107. The molecular weight excluding hydrogens is 398 g/mol. The van der Waals surface area contributed by atoms with Crippen LogP contribution in [0.25, 0.3) is 10.9 Å². The van der Waals surface area contributed by atoms with Crippen molar-refractivity contribution in [1.82, 2.24) is 4.98 Å². The number of halogens is 1. The molecular formula is C20H18BrNO2S. The van der Waals surface area contributed by atoms with E-state index in [2.05, 4.69) is 46.9 Å². The molecule has 0 aliphatic heterocycles. The first kappa shape index (κ1) is 18.0. The molecule has 0 unspecified atom stereocenters. The molecule has 1 heterocycles. The minimum atomic E-state index is 0.419. The van der Waals surface area contributed by atoms with Gasteiger partial charge in [-0.05, 0) is 57.9 Å². The Bertz CT molecular complexity index is 911. The third kappa shape index (κ3) is 4.61. The summed E-state index contributed by atoms with van der Waals surface area (Å²) in [7, 11) is 0. The minimum Gasteiger partial charge on any atom is -0.438 e. The van der Waals surface area contributed by atoms with Crippen LogP contribution in [0.15, 0.2) is 57.9 Å². The molecule has 0 fully saturated rings. The molecule has 0 atom stereocenters. The van der Waals surface area contributed by atoms with E-state index in [1.54, 1.807) is 0 Å². The van der Waals surface area contributed by atoms with Gasteiger partial charge < -0.3 is 9.53 Å². The van der Waals surface area contributed by atoms with E-state index in [1.165, 1.54) is 4.90 Å². The van der Waals surface area contributed by atoms with E-state index < -0.39 is 0 Å². The molecule has 0 saturated carbocycles. The van der Waals surface area contributed by atoms with Gasteiger partial charge in [-0.25, -0.2) is 4.98 Å². The molecule has 3 aromatic rings. The van der Waals surface area contributed by atoms with Gasteiger partial charge in [0.2, 0.25) is 5.88 Å². The molecule has 25 heavy (non-hydrogen) atoms. The number of thioether (sulfide) groups is 1. The molecule has 3 nitrogen and oxygen atoms in total. The molecule has 0 N–H and O–H groups in total. The topological polar surface area (TPSA) is 39.2 Å². The Morgan fingerprint density at radius 3 is 2.72 bits per heavy atom. The highest BCUT2D eigenvalue weighted by Crippen LogP contribution is 2.34. The van der Waals surface area contributed by atoms with Gasteiger partial charge in [-0.2, -0.15) is 0 Å². The standard InChI is InChI=1S/C20H18BrNO2S/c1-13(2)25-16-5-7-19(17(21)12-16)24-20-8-4-15-11-14(9-10-23)3-6-18(15)22-20/h3-8,10-13H,9H2,1-2H3. The number of rotatable bonds is 6. The SMILES string of the molecule is CC(C)Sc1ccc(Oc2ccc3cc(CC=O)ccc3n2)c(Br)c1. The summed E-state index contributed by atoms with van der Waals surface area (Å²) in [5.74, 6) is 1.28. The van der Waals surface area contributed by atoms with Crippen LogP contribution < -0.4 is 4.74 Å². The molecule has 0 aliphatic rings. The van der Waals surface area contributed by atoms with Crippen molar-refractivity contribution in [3.63, 3.8) is 0 Å². The van der Waals surface area contributed by atoms with Crippen LogP contribution in [0.3, 0.4) is 0 Å². The molecule has 3 rings (SSSR count). The predicted octanol–water partition coefficient (Wildman–Crippen LogP) is 6.03. The summed E-state index contributed by atoms with van der Waals surface area (Å²) < 4.78 is 6.84. The van der Waals surface area contributed by atoms with Gasteiger partial charge in [-0.3, -0.25) is 0 Å². The lowest BCUT2D eigenvalue weighted by atomic mass is 10.1. The number of hydrogen-bond donors (Lipinski definition) is 0. The second-order valence-electron chi connectivity index (χ2n) is 5.91. The van der Waals surface area contributed by atoms with Crippen LogP contribution in [0.1, 0.15) is 19.4 Å². The number of ether oxygens (including phenoxy) is 1. The fraction of sp³-hybridized carbons (Fsp3) is 0.200. The molecule has 0 spiro atoms. The highest BCUT2D eigenvalue weighted by molar-refractivity contribution is 9.10. The van der Waals surface area contributed by atoms with Crippen molar-refractivity contribution in [2.75, 3.05) is 0 Å². The number of hydrogen-bond acceptors (Lipinski definition) is 4. The van der Waals surface area contributed by atoms with E-state index in [-0.39, 0.29) is 0 Å². The third-order valence-corrected chi connectivity index (χ3v) is 5.15. The van der Waals surface area contributed by atoms with Crippen molar-refractivity contribution >= 4 is 44.9 Å². The van der Waals surface area contributed by atoms with Crippen molar-refractivity contribution in [2.45, 2.75) is 30.4 Å². The van der Waals surface area contributed by atoms with Crippen molar-refractivity contribution in [3.05, 3.63) is 58.6 Å². The fourth-order valence-corrected chi connectivity index (χ4v) is 3.95. The summed E-state index contributed by atoms with van der Waals surface area (Å²) in [6.45, 7) is 4.34. The molecule has 128 valence electrons. The molecule has 0 aliphatic carbocycles. The van der Waals surface area contributed by atoms with Crippen molar-refractivity contribution in [3.8, 4) is 11.6 Å². The number of aldehydes is 1. The van der Waals surface area contributed by atoms with Crippen LogP contribution in [0, 0.1) is 0 Å². The first-order valence-electron chi connectivity index (χ1n) is 8.02. The lowest BCUT2D eigenvalue weighted by Gasteiger charge is -2.10. The van der Waals surface area contributed by atoms with Gasteiger partial charge in [-0.1, -0.05) is 19.9 Å². The highest BCUT2D eigenvalue weighted by Gasteiger charge is 2.08. The number of fused-ring (bicyclic) bond motifs is 1. The van der Waals surface area contributed by atoms with Crippen LogP contribution in [-0.2, 0) is 11.2 Å². The van der Waals surface area contributed by atoms with Gasteiger partial charge in [0.25, 0.3) is 0 Å². The Kier molecular flexibility index (Phi) is 5.76. The predicted molar refractivity (Wildman–Crippen MR) is 107 cm³/mol. The highest BCUT2D eigenvalue weighted by atomic mass is 79.9. The van der Waals surface area contributed by atoms with Crippen LogP contribution in [0.2, 0.25) is 0 Å². The first-order chi connectivity index (χ1) is 12.0. The zero-order chi connectivity index (χ0) is 17.8. The van der Waals surface area contributed by atoms with Gasteiger partial charge in [0, 0.05) is 28.0 Å². The summed E-state index contributed by atoms with van der Waals surface area (Å²) in [5, 5.41) is 1.53.